The van der Waals surface area contributed by atoms with Crippen molar-refractivity contribution in [3.8, 4) is 0 Å². The molecule has 1 heterocycles. The van der Waals surface area contributed by atoms with Gasteiger partial charge in [0, 0.05) is 12.3 Å². The predicted octanol–water partition coefficient (Wildman–Crippen LogP) is 2.45. The van der Waals surface area contributed by atoms with E-state index < -0.39 is 69.6 Å². The molecule has 4 aliphatic carbocycles. The van der Waals surface area contributed by atoms with E-state index in [0.29, 0.717) is 31.3 Å². The minimum absolute atomic E-state index is 0.0234. The zero-order valence-corrected chi connectivity index (χ0v) is 22.7. The summed E-state index contributed by atoms with van der Waals surface area (Å²) in [6.45, 7) is 12.6. The van der Waals surface area contributed by atoms with Crippen molar-refractivity contribution in [2.45, 2.75) is 109 Å². The van der Waals surface area contributed by atoms with Crippen LogP contribution in [0.5, 0.6) is 0 Å². The first-order valence-electron chi connectivity index (χ1n) is 13.4. The second-order valence-corrected chi connectivity index (χ2v) is 12.7. The lowest BCUT2D eigenvalue weighted by Crippen LogP contribution is -2.78. The van der Waals surface area contributed by atoms with Gasteiger partial charge in [-0.15, -0.1) is 0 Å². The van der Waals surface area contributed by atoms with Crippen LogP contribution in [-0.2, 0) is 33.3 Å². The number of aliphatic hydroxyl groups excluding tert-OH is 1. The Morgan fingerprint density at radius 2 is 1.70 bits per heavy atom. The summed E-state index contributed by atoms with van der Waals surface area (Å²) in [5.41, 5.74) is -5.49. The Kier molecular flexibility index (Phi) is 5.77. The standard InChI is InChI=1S/C28H40O9/c1-14-17-8-11-28(33)25(5)18(12-20(35-16(3)29)27(28,13-17)21(14)30)24(4,22(31)34-7)10-9-19(25)36-23(32)26(6)15(2)37-26/h15,17-21,30,33H,1,8-13H2,2-7H3/t15-,17-,18-,19-,20+,21-,24-,25+,26+,27-,28-/m1/s1. The summed E-state index contributed by atoms with van der Waals surface area (Å²) in [5, 5.41) is 24.6. The lowest BCUT2D eigenvalue weighted by Gasteiger charge is -2.70. The average molecular weight is 521 g/mol. The highest BCUT2D eigenvalue weighted by atomic mass is 16.7. The highest BCUT2D eigenvalue weighted by Gasteiger charge is 2.81. The van der Waals surface area contributed by atoms with E-state index in [-0.39, 0.29) is 24.9 Å². The third-order valence-corrected chi connectivity index (χ3v) is 11.3. The molecule has 0 unspecified atom stereocenters. The summed E-state index contributed by atoms with van der Waals surface area (Å²) >= 11 is 0. The minimum atomic E-state index is -1.63. The molecule has 1 saturated heterocycles. The van der Waals surface area contributed by atoms with E-state index in [1.807, 2.05) is 13.8 Å². The molecule has 206 valence electrons. The Bertz CT molecular complexity index is 1060. The van der Waals surface area contributed by atoms with E-state index in [4.69, 9.17) is 18.9 Å². The van der Waals surface area contributed by atoms with Gasteiger partial charge in [-0.3, -0.25) is 9.59 Å². The molecule has 2 N–H and O–H groups in total. The summed E-state index contributed by atoms with van der Waals surface area (Å²) in [6, 6.07) is 0. The van der Waals surface area contributed by atoms with E-state index in [2.05, 4.69) is 6.58 Å². The van der Waals surface area contributed by atoms with Gasteiger partial charge in [-0.2, -0.15) is 0 Å². The largest absolute Gasteiger partial charge is 0.469 e. The summed E-state index contributed by atoms with van der Waals surface area (Å²) in [7, 11) is 1.34. The van der Waals surface area contributed by atoms with Crippen LogP contribution in [0.25, 0.3) is 0 Å². The topological polar surface area (TPSA) is 132 Å². The van der Waals surface area contributed by atoms with Gasteiger partial charge < -0.3 is 29.2 Å². The van der Waals surface area contributed by atoms with Crippen molar-refractivity contribution in [1.82, 2.24) is 0 Å². The minimum Gasteiger partial charge on any atom is -0.469 e. The number of fused-ring (bicyclic) bond motifs is 3. The maximum absolute atomic E-state index is 13.3. The fourth-order valence-electron chi connectivity index (χ4n) is 8.93. The first-order valence-corrected chi connectivity index (χ1v) is 13.4. The third kappa shape index (κ3) is 3.11. The first kappa shape index (κ1) is 26.6. The van der Waals surface area contributed by atoms with Crippen LogP contribution in [0.15, 0.2) is 12.2 Å². The summed E-state index contributed by atoms with van der Waals surface area (Å²) < 4.78 is 22.8. The predicted molar refractivity (Wildman–Crippen MR) is 130 cm³/mol. The monoisotopic (exact) mass is 520 g/mol. The molecule has 0 aromatic heterocycles. The SMILES string of the molecule is C=C1[C@@H]2CC[C@@]3(O)[C@]4(C)[C@H](OC(=O)[C@@]5(C)O[C@@H]5C)CC[C@@](C)(C(=O)OC)[C@H]4C[C@H](OC(C)=O)[C@]3(C2)[C@@H]1O. The maximum Gasteiger partial charge on any atom is 0.341 e. The molecule has 1 spiro atoms. The fourth-order valence-corrected chi connectivity index (χ4v) is 8.93. The number of hydrogen-bond acceptors (Lipinski definition) is 9. The fraction of sp³-hybridized carbons (Fsp3) is 0.821. The van der Waals surface area contributed by atoms with Gasteiger partial charge in [0.15, 0.2) is 5.60 Å². The molecule has 9 heteroatoms. The molecular formula is C28H40O9. The van der Waals surface area contributed by atoms with Crippen LogP contribution in [-0.4, -0.2) is 70.8 Å². The number of carbonyl (C=O) groups is 3. The van der Waals surface area contributed by atoms with Crippen LogP contribution in [0.2, 0.25) is 0 Å². The first-order chi connectivity index (χ1) is 17.1. The molecule has 37 heavy (non-hydrogen) atoms. The number of methoxy groups -OCH3 is 1. The molecule has 0 aromatic rings. The second kappa shape index (κ2) is 8.02. The molecule has 4 saturated carbocycles. The van der Waals surface area contributed by atoms with E-state index in [1.54, 1.807) is 13.8 Å². The summed E-state index contributed by atoms with van der Waals surface area (Å²) in [5.74, 6) is -2.04. The Balaban J connectivity index is 1.68. The zero-order chi connectivity index (χ0) is 27.3. The van der Waals surface area contributed by atoms with E-state index in [9.17, 15) is 24.6 Å². The van der Waals surface area contributed by atoms with Crippen LogP contribution < -0.4 is 0 Å². The molecule has 2 bridgehead atoms. The van der Waals surface area contributed by atoms with Gasteiger partial charge in [-0.1, -0.05) is 13.5 Å². The van der Waals surface area contributed by atoms with Gasteiger partial charge in [0.2, 0.25) is 0 Å². The van der Waals surface area contributed by atoms with Crippen molar-refractivity contribution >= 4 is 17.9 Å². The summed E-state index contributed by atoms with van der Waals surface area (Å²) in [6.07, 6.45) is -0.844. The van der Waals surface area contributed by atoms with Crippen LogP contribution in [0.3, 0.4) is 0 Å². The number of rotatable bonds is 4. The molecule has 11 atom stereocenters. The van der Waals surface area contributed by atoms with Gasteiger partial charge in [-0.05, 0) is 76.7 Å². The van der Waals surface area contributed by atoms with E-state index in [1.165, 1.54) is 14.0 Å². The van der Waals surface area contributed by atoms with E-state index in [0.717, 1.165) is 0 Å². The number of ether oxygens (including phenoxy) is 4. The third-order valence-electron chi connectivity index (χ3n) is 11.3. The Morgan fingerprint density at radius 1 is 1.05 bits per heavy atom. The number of hydrogen-bond donors (Lipinski definition) is 2. The second-order valence-electron chi connectivity index (χ2n) is 12.7. The van der Waals surface area contributed by atoms with Gasteiger partial charge in [0.1, 0.15) is 12.2 Å². The van der Waals surface area contributed by atoms with Gasteiger partial charge in [-0.25, -0.2) is 4.79 Å². The van der Waals surface area contributed by atoms with Gasteiger partial charge in [0.25, 0.3) is 0 Å². The van der Waals surface area contributed by atoms with Crippen LogP contribution in [0.1, 0.15) is 73.1 Å². The van der Waals surface area contributed by atoms with Gasteiger partial charge >= 0.3 is 17.9 Å². The van der Waals surface area contributed by atoms with Crippen LogP contribution in [0, 0.1) is 28.1 Å². The van der Waals surface area contributed by atoms with Crippen LogP contribution >= 0.6 is 0 Å². The van der Waals surface area contributed by atoms with Crippen LogP contribution in [0.4, 0.5) is 0 Å². The Morgan fingerprint density at radius 3 is 2.27 bits per heavy atom. The molecule has 5 fully saturated rings. The molecule has 1 aliphatic heterocycles. The van der Waals surface area contributed by atoms with E-state index >= 15 is 0 Å². The highest BCUT2D eigenvalue weighted by Crippen LogP contribution is 2.74. The molecule has 9 nitrogen and oxygen atoms in total. The zero-order valence-electron chi connectivity index (χ0n) is 22.7. The Labute approximate surface area is 217 Å². The molecule has 5 aliphatic rings. The average Bonchev–Trinajstić information content (AvgIpc) is 3.41. The molecule has 0 radical (unpaired) electrons. The van der Waals surface area contributed by atoms with Crippen molar-refractivity contribution in [1.29, 1.82) is 0 Å². The molecular weight excluding hydrogens is 480 g/mol. The van der Waals surface area contributed by atoms with Crippen molar-refractivity contribution < 1.29 is 43.5 Å². The van der Waals surface area contributed by atoms with Crippen molar-refractivity contribution in [2.75, 3.05) is 7.11 Å². The lowest BCUT2D eigenvalue weighted by molar-refractivity contribution is -0.331. The lowest BCUT2D eigenvalue weighted by atomic mass is 9.37. The van der Waals surface area contributed by atoms with Gasteiger partial charge in [0.05, 0.1) is 35.7 Å². The number of carbonyl (C=O) groups excluding carboxylic acids is 3. The Hall–Kier alpha value is -1.97. The molecule has 0 aromatic carbocycles. The highest BCUT2D eigenvalue weighted by molar-refractivity contribution is 5.83. The maximum atomic E-state index is 13.3. The number of epoxide rings is 1. The number of esters is 3. The molecule has 0 amide bonds. The van der Waals surface area contributed by atoms with Crippen molar-refractivity contribution in [3.63, 3.8) is 0 Å². The quantitative estimate of drug-likeness (QED) is 0.248. The summed E-state index contributed by atoms with van der Waals surface area (Å²) in [4.78, 5) is 38.9. The molecule has 5 rings (SSSR count). The van der Waals surface area contributed by atoms with Crippen molar-refractivity contribution in [3.05, 3.63) is 12.2 Å². The smallest absolute Gasteiger partial charge is 0.341 e. The number of aliphatic hydroxyl groups is 2. The normalized spacial score (nSPS) is 51.9. The van der Waals surface area contributed by atoms with Crippen molar-refractivity contribution in [2.24, 2.45) is 28.1 Å².